The van der Waals surface area contributed by atoms with Crippen molar-refractivity contribution in [1.29, 1.82) is 0 Å². The zero-order chi connectivity index (χ0) is 17.5. The standard InChI is InChI=1S/C18H28N2O4S/c21-25(22,16-17-4-2-1-3-5-17)20(18-6-12-23-13-7-18)9-8-19-10-14-24-15-11-19/h1-5,18H,6-16H2. The molecular formula is C18H28N2O4S. The summed E-state index contributed by atoms with van der Waals surface area (Å²) in [7, 11) is -3.36. The first-order chi connectivity index (χ1) is 12.1. The molecule has 0 aromatic heterocycles. The molecule has 2 aliphatic heterocycles. The number of rotatable bonds is 7. The summed E-state index contributed by atoms with van der Waals surface area (Å²) in [6.45, 7) is 5.79. The van der Waals surface area contributed by atoms with Gasteiger partial charge >= 0.3 is 0 Å². The van der Waals surface area contributed by atoms with E-state index in [0.29, 0.717) is 19.8 Å². The molecule has 1 aromatic rings. The van der Waals surface area contributed by atoms with Gasteiger partial charge in [-0.3, -0.25) is 4.90 Å². The van der Waals surface area contributed by atoms with Crippen molar-refractivity contribution in [2.75, 3.05) is 52.6 Å². The number of nitrogens with zero attached hydrogens (tertiary/aromatic N) is 2. The van der Waals surface area contributed by atoms with E-state index < -0.39 is 10.0 Å². The zero-order valence-electron chi connectivity index (χ0n) is 14.7. The van der Waals surface area contributed by atoms with Gasteiger partial charge in [0, 0.05) is 45.4 Å². The quantitative estimate of drug-likeness (QED) is 0.727. The topological polar surface area (TPSA) is 59.1 Å². The number of ether oxygens (including phenoxy) is 2. The molecule has 2 aliphatic rings. The third-order valence-corrected chi connectivity index (χ3v) is 6.78. The molecule has 0 spiro atoms. The molecule has 7 heteroatoms. The molecule has 2 fully saturated rings. The highest BCUT2D eigenvalue weighted by Crippen LogP contribution is 2.21. The third-order valence-electron chi connectivity index (χ3n) is 4.89. The lowest BCUT2D eigenvalue weighted by Crippen LogP contribution is -2.48. The van der Waals surface area contributed by atoms with Crippen LogP contribution < -0.4 is 0 Å². The van der Waals surface area contributed by atoms with Crippen LogP contribution in [-0.2, 0) is 25.2 Å². The lowest BCUT2D eigenvalue weighted by molar-refractivity contribution is 0.0291. The highest BCUT2D eigenvalue weighted by molar-refractivity contribution is 7.88. The number of hydrogen-bond acceptors (Lipinski definition) is 5. The zero-order valence-corrected chi connectivity index (χ0v) is 15.5. The molecule has 140 valence electrons. The fourth-order valence-electron chi connectivity index (χ4n) is 3.45. The van der Waals surface area contributed by atoms with Gasteiger partial charge in [0.05, 0.1) is 19.0 Å². The van der Waals surface area contributed by atoms with E-state index in [1.807, 2.05) is 30.3 Å². The van der Waals surface area contributed by atoms with Gasteiger partial charge in [-0.15, -0.1) is 0 Å². The minimum atomic E-state index is -3.36. The molecule has 0 N–H and O–H groups in total. The summed E-state index contributed by atoms with van der Waals surface area (Å²) >= 11 is 0. The van der Waals surface area contributed by atoms with Gasteiger partial charge in [-0.2, -0.15) is 4.31 Å². The third kappa shape index (κ3) is 5.49. The van der Waals surface area contributed by atoms with Crippen LogP contribution in [0.1, 0.15) is 18.4 Å². The largest absolute Gasteiger partial charge is 0.381 e. The van der Waals surface area contributed by atoms with Crippen LogP contribution in [0, 0.1) is 0 Å². The summed E-state index contributed by atoms with van der Waals surface area (Å²) in [5.74, 6) is 0.0638. The average molecular weight is 368 g/mol. The smallest absolute Gasteiger partial charge is 0.218 e. The molecule has 2 saturated heterocycles. The summed E-state index contributed by atoms with van der Waals surface area (Å²) in [5, 5.41) is 0. The van der Waals surface area contributed by atoms with Crippen LogP contribution in [0.5, 0.6) is 0 Å². The Kier molecular flexibility index (Phi) is 6.84. The predicted octanol–water partition coefficient (Wildman–Crippen LogP) is 1.33. The average Bonchev–Trinajstić information content (AvgIpc) is 2.64. The van der Waals surface area contributed by atoms with E-state index in [0.717, 1.165) is 51.3 Å². The van der Waals surface area contributed by atoms with E-state index in [4.69, 9.17) is 9.47 Å². The Hall–Kier alpha value is -0.990. The van der Waals surface area contributed by atoms with Crippen molar-refractivity contribution in [1.82, 2.24) is 9.21 Å². The van der Waals surface area contributed by atoms with Gasteiger partial charge in [-0.1, -0.05) is 30.3 Å². The van der Waals surface area contributed by atoms with Crippen LogP contribution in [0.2, 0.25) is 0 Å². The number of hydrogen-bond donors (Lipinski definition) is 0. The van der Waals surface area contributed by atoms with Crippen molar-refractivity contribution in [3.8, 4) is 0 Å². The molecule has 0 amide bonds. The minimum Gasteiger partial charge on any atom is -0.381 e. The van der Waals surface area contributed by atoms with Gasteiger partial charge in [0.15, 0.2) is 0 Å². The molecule has 3 rings (SSSR count). The van der Waals surface area contributed by atoms with Gasteiger partial charge in [0.1, 0.15) is 0 Å². The van der Waals surface area contributed by atoms with Gasteiger partial charge < -0.3 is 9.47 Å². The summed E-state index contributed by atoms with van der Waals surface area (Å²) < 4.78 is 38.8. The van der Waals surface area contributed by atoms with E-state index >= 15 is 0 Å². The van der Waals surface area contributed by atoms with Crippen LogP contribution in [0.4, 0.5) is 0 Å². The second-order valence-corrected chi connectivity index (χ2v) is 8.57. The van der Waals surface area contributed by atoms with E-state index in [1.165, 1.54) is 0 Å². The van der Waals surface area contributed by atoms with Gasteiger partial charge in [0.2, 0.25) is 10.0 Å². The first-order valence-corrected chi connectivity index (χ1v) is 10.7. The summed E-state index contributed by atoms with van der Waals surface area (Å²) in [6, 6.07) is 9.48. The van der Waals surface area contributed by atoms with Gasteiger partial charge in [-0.05, 0) is 18.4 Å². The number of benzene rings is 1. The first-order valence-electron chi connectivity index (χ1n) is 9.06. The minimum absolute atomic E-state index is 0.0449. The second-order valence-electron chi connectivity index (χ2n) is 6.65. The maximum absolute atomic E-state index is 13.1. The summed E-state index contributed by atoms with van der Waals surface area (Å²) in [5.41, 5.74) is 0.839. The fraction of sp³-hybridized carbons (Fsp3) is 0.667. The lowest BCUT2D eigenvalue weighted by atomic mass is 10.1. The molecule has 0 aliphatic carbocycles. The van der Waals surface area contributed by atoms with Crippen LogP contribution in [-0.4, -0.2) is 76.3 Å². The van der Waals surface area contributed by atoms with Crippen molar-refractivity contribution < 1.29 is 17.9 Å². The Bertz CT molecular complexity index is 611. The SMILES string of the molecule is O=S(=O)(Cc1ccccc1)N(CCN1CCOCC1)C1CCOCC1. The van der Waals surface area contributed by atoms with Crippen LogP contribution in [0.15, 0.2) is 30.3 Å². The Morgan fingerprint density at radius 1 is 1.00 bits per heavy atom. The van der Waals surface area contributed by atoms with E-state index in [9.17, 15) is 8.42 Å². The molecule has 0 bridgehead atoms. The van der Waals surface area contributed by atoms with Gasteiger partial charge in [-0.25, -0.2) is 8.42 Å². The highest BCUT2D eigenvalue weighted by atomic mass is 32.2. The number of morpholine rings is 1. The van der Waals surface area contributed by atoms with Crippen molar-refractivity contribution in [2.45, 2.75) is 24.6 Å². The predicted molar refractivity (Wildman–Crippen MR) is 96.9 cm³/mol. The van der Waals surface area contributed by atoms with E-state index in [1.54, 1.807) is 4.31 Å². The monoisotopic (exact) mass is 368 g/mol. The van der Waals surface area contributed by atoms with E-state index in [-0.39, 0.29) is 11.8 Å². The molecule has 0 atom stereocenters. The maximum atomic E-state index is 13.1. The van der Waals surface area contributed by atoms with Crippen LogP contribution >= 0.6 is 0 Å². The molecule has 0 saturated carbocycles. The van der Waals surface area contributed by atoms with Gasteiger partial charge in [0.25, 0.3) is 0 Å². The Labute approximate surface area is 150 Å². The Morgan fingerprint density at radius 2 is 1.64 bits per heavy atom. The molecule has 25 heavy (non-hydrogen) atoms. The van der Waals surface area contributed by atoms with Crippen molar-refractivity contribution in [3.05, 3.63) is 35.9 Å². The molecular weight excluding hydrogens is 340 g/mol. The lowest BCUT2D eigenvalue weighted by Gasteiger charge is -2.35. The first kappa shape index (κ1) is 18.8. The maximum Gasteiger partial charge on any atom is 0.218 e. The fourth-order valence-corrected chi connectivity index (χ4v) is 5.26. The summed E-state index contributed by atoms with van der Waals surface area (Å²) in [4.78, 5) is 2.29. The normalized spacial score (nSPS) is 20.8. The highest BCUT2D eigenvalue weighted by Gasteiger charge is 2.31. The Balaban J connectivity index is 1.69. The van der Waals surface area contributed by atoms with Crippen LogP contribution in [0.25, 0.3) is 0 Å². The van der Waals surface area contributed by atoms with E-state index in [2.05, 4.69) is 4.90 Å². The Morgan fingerprint density at radius 3 is 2.32 bits per heavy atom. The number of sulfonamides is 1. The molecule has 6 nitrogen and oxygen atoms in total. The van der Waals surface area contributed by atoms with Crippen LogP contribution in [0.3, 0.4) is 0 Å². The van der Waals surface area contributed by atoms with Crippen molar-refractivity contribution >= 4 is 10.0 Å². The second kappa shape index (κ2) is 9.09. The van der Waals surface area contributed by atoms with Crippen molar-refractivity contribution in [2.24, 2.45) is 0 Å². The summed E-state index contributed by atoms with van der Waals surface area (Å²) in [6.07, 6.45) is 1.55. The molecule has 1 aromatic carbocycles. The molecule has 0 unspecified atom stereocenters. The molecule has 0 radical (unpaired) electrons. The molecule has 2 heterocycles. The van der Waals surface area contributed by atoms with Crippen molar-refractivity contribution in [3.63, 3.8) is 0 Å².